The van der Waals surface area contributed by atoms with Crippen LogP contribution in [0.3, 0.4) is 0 Å². The fourth-order valence-corrected chi connectivity index (χ4v) is 3.61. The molecule has 23 heavy (non-hydrogen) atoms. The molecule has 0 aromatic carbocycles. The number of carbonyl (C=O) groups is 1. The number of hydrogen-bond donors (Lipinski definition) is 1. The zero-order valence-corrected chi connectivity index (χ0v) is 14.4. The SMILES string of the molecule is CC(C)(C)OC(=O)N1CCC[C@@H]2OC(O)C3OC(C)(C)OC3C21. The van der Waals surface area contributed by atoms with Gasteiger partial charge in [0, 0.05) is 6.54 Å². The van der Waals surface area contributed by atoms with Crippen molar-refractivity contribution in [1.82, 2.24) is 4.90 Å². The van der Waals surface area contributed by atoms with Crippen LogP contribution in [0.1, 0.15) is 47.5 Å². The van der Waals surface area contributed by atoms with Crippen molar-refractivity contribution in [3.05, 3.63) is 0 Å². The molecule has 3 aliphatic heterocycles. The molecule has 3 aliphatic rings. The Morgan fingerprint density at radius 2 is 1.91 bits per heavy atom. The van der Waals surface area contributed by atoms with Crippen LogP contribution in [0.2, 0.25) is 0 Å². The van der Waals surface area contributed by atoms with Crippen LogP contribution in [0.25, 0.3) is 0 Å². The van der Waals surface area contributed by atoms with Crippen LogP contribution >= 0.6 is 0 Å². The quantitative estimate of drug-likeness (QED) is 0.728. The van der Waals surface area contributed by atoms with Gasteiger partial charge in [0.2, 0.25) is 0 Å². The van der Waals surface area contributed by atoms with Gasteiger partial charge in [0.15, 0.2) is 12.1 Å². The van der Waals surface area contributed by atoms with E-state index in [-0.39, 0.29) is 18.2 Å². The van der Waals surface area contributed by atoms with Crippen LogP contribution in [0.5, 0.6) is 0 Å². The van der Waals surface area contributed by atoms with Crippen LogP contribution in [0.4, 0.5) is 4.79 Å². The number of carbonyl (C=O) groups excluding carboxylic acids is 1. The largest absolute Gasteiger partial charge is 0.444 e. The van der Waals surface area contributed by atoms with Crippen molar-refractivity contribution in [2.24, 2.45) is 0 Å². The Balaban J connectivity index is 1.84. The van der Waals surface area contributed by atoms with Crippen molar-refractivity contribution in [1.29, 1.82) is 0 Å². The van der Waals surface area contributed by atoms with E-state index in [2.05, 4.69) is 0 Å². The first kappa shape index (κ1) is 17.0. The van der Waals surface area contributed by atoms with Crippen LogP contribution in [-0.4, -0.2) is 64.7 Å². The van der Waals surface area contributed by atoms with E-state index in [0.29, 0.717) is 6.54 Å². The van der Waals surface area contributed by atoms with Gasteiger partial charge in [-0.05, 0) is 47.5 Å². The first-order chi connectivity index (χ1) is 10.6. The summed E-state index contributed by atoms with van der Waals surface area (Å²) in [6.07, 6.45) is -1.14. The van der Waals surface area contributed by atoms with Gasteiger partial charge in [0.05, 0.1) is 12.1 Å². The molecule has 4 unspecified atom stereocenters. The first-order valence-electron chi connectivity index (χ1n) is 8.26. The zero-order chi connectivity index (χ0) is 17.0. The molecule has 3 saturated heterocycles. The molecule has 0 aromatic rings. The molecule has 1 amide bonds. The first-order valence-corrected chi connectivity index (χ1v) is 8.26. The molecule has 7 nitrogen and oxygen atoms in total. The lowest BCUT2D eigenvalue weighted by molar-refractivity contribution is -0.252. The molecule has 3 heterocycles. The highest BCUT2D eigenvalue weighted by molar-refractivity contribution is 5.69. The van der Waals surface area contributed by atoms with Gasteiger partial charge in [-0.1, -0.05) is 0 Å². The standard InChI is InChI=1S/C16H27NO6/c1-15(2,3)23-14(19)17-8-6-7-9-10(17)11-12(13(18)20-9)22-16(4,5)21-11/h9-13,18H,6-8H2,1-5H3/t9-,10?,11?,12?,13?/m0/s1. The number of likely N-dealkylation sites (tertiary alicyclic amines) is 1. The number of nitrogens with zero attached hydrogens (tertiary/aromatic N) is 1. The van der Waals surface area contributed by atoms with Gasteiger partial charge in [-0.25, -0.2) is 4.79 Å². The number of rotatable bonds is 0. The summed E-state index contributed by atoms with van der Waals surface area (Å²) in [5.41, 5.74) is -0.565. The maximum absolute atomic E-state index is 12.6. The van der Waals surface area contributed by atoms with E-state index in [1.807, 2.05) is 20.8 Å². The predicted molar refractivity (Wildman–Crippen MR) is 80.7 cm³/mol. The lowest BCUT2D eigenvalue weighted by Crippen LogP contribution is -2.65. The highest BCUT2D eigenvalue weighted by Gasteiger charge is 2.58. The summed E-state index contributed by atoms with van der Waals surface area (Å²) in [6.45, 7) is 9.71. The topological polar surface area (TPSA) is 77.5 Å². The number of aliphatic hydroxyl groups is 1. The number of ether oxygens (including phenoxy) is 4. The lowest BCUT2D eigenvalue weighted by atomic mass is 9.89. The van der Waals surface area contributed by atoms with Crippen molar-refractivity contribution in [2.45, 2.75) is 89.5 Å². The average Bonchev–Trinajstić information content (AvgIpc) is 2.72. The van der Waals surface area contributed by atoms with Gasteiger partial charge in [0.1, 0.15) is 17.8 Å². The Kier molecular flexibility index (Phi) is 4.11. The number of piperidine rings is 1. The summed E-state index contributed by atoms with van der Waals surface area (Å²) in [4.78, 5) is 14.3. The molecule has 3 rings (SSSR count). The third-order valence-corrected chi connectivity index (χ3v) is 4.35. The molecule has 132 valence electrons. The summed E-state index contributed by atoms with van der Waals surface area (Å²) >= 11 is 0. The molecule has 7 heteroatoms. The Morgan fingerprint density at radius 3 is 2.57 bits per heavy atom. The molecular formula is C16H27NO6. The molecule has 0 aromatic heterocycles. The van der Waals surface area contributed by atoms with Gasteiger partial charge in [-0.15, -0.1) is 0 Å². The van der Waals surface area contributed by atoms with Crippen molar-refractivity contribution in [3.8, 4) is 0 Å². The summed E-state index contributed by atoms with van der Waals surface area (Å²) in [7, 11) is 0. The molecule has 0 saturated carbocycles. The van der Waals surface area contributed by atoms with Crippen molar-refractivity contribution >= 4 is 6.09 Å². The summed E-state index contributed by atoms with van der Waals surface area (Å²) in [6, 6.07) is -0.311. The van der Waals surface area contributed by atoms with Crippen LogP contribution < -0.4 is 0 Å². The number of fused-ring (bicyclic) bond motifs is 3. The Bertz CT molecular complexity index is 474. The maximum Gasteiger partial charge on any atom is 0.410 e. The molecule has 1 N–H and O–H groups in total. The predicted octanol–water partition coefficient (Wildman–Crippen LogP) is 1.62. The van der Waals surface area contributed by atoms with Gasteiger partial charge >= 0.3 is 6.09 Å². The minimum atomic E-state index is -1.04. The molecule has 0 aliphatic carbocycles. The summed E-state index contributed by atoms with van der Waals surface area (Å²) < 4.78 is 23.0. The smallest absolute Gasteiger partial charge is 0.410 e. The van der Waals surface area contributed by atoms with E-state index >= 15 is 0 Å². The van der Waals surface area contributed by atoms with Crippen LogP contribution in [-0.2, 0) is 18.9 Å². The molecule has 3 fully saturated rings. The average molecular weight is 329 g/mol. The summed E-state index contributed by atoms with van der Waals surface area (Å²) in [5, 5.41) is 10.2. The van der Waals surface area contributed by atoms with E-state index in [4.69, 9.17) is 18.9 Å². The second-order valence-corrected chi connectivity index (χ2v) is 7.94. The molecule has 5 atom stereocenters. The minimum absolute atomic E-state index is 0.273. The molecule has 0 radical (unpaired) electrons. The monoisotopic (exact) mass is 329 g/mol. The minimum Gasteiger partial charge on any atom is -0.444 e. The van der Waals surface area contributed by atoms with Crippen LogP contribution in [0.15, 0.2) is 0 Å². The molecular weight excluding hydrogens is 302 g/mol. The normalized spacial score (nSPS) is 39.6. The third kappa shape index (κ3) is 3.33. The van der Waals surface area contributed by atoms with Crippen molar-refractivity contribution < 1.29 is 28.8 Å². The van der Waals surface area contributed by atoms with Gasteiger partial charge in [0.25, 0.3) is 0 Å². The van der Waals surface area contributed by atoms with E-state index in [9.17, 15) is 9.90 Å². The number of hydrogen-bond acceptors (Lipinski definition) is 6. The van der Waals surface area contributed by atoms with Crippen molar-refractivity contribution in [2.75, 3.05) is 6.54 Å². The van der Waals surface area contributed by atoms with Gasteiger partial charge in [-0.2, -0.15) is 0 Å². The Morgan fingerprint density at radius 1 is 1.26 bits per heavy atom. The maximum atomic E-state index is 12.6. The van der Waals surface area contributed by atoms with Crippen molar-refractivity contribution in [3.63, 3.8) is 0 Å². The van der Waals surface area contributed by atoms with Gasteiger partial charge in [-0.3, -0.25) is 4.90 Å². The van der Waals surface area contributed by atoms with Gasteiger partial charge < -0.3 is 24.1 Å². The second kappa shape index (κ2) is 5.58. The second-order valence-electron chi connectivity index (χ2n) is 7.94. The Labute approximate surface area is 136 Å². The third-order valence-electron chi connectivity index (χ3n) is 4.35. The van der Waals surface area contributed by atoms with E-state index in [1.165, 1.54) is 0 Å². The fourth-order valence-electron chi connectivity index (χ4n) is 3.61. The van der Waals surface area contributed by atoms with E-state index in [1.54, 1.807) is 18.7 Å². The van der Waals surface area contributed by atoms with Crippen LogP contribution in [0, 0.1) is 0 Å². The lowest BCUT2D eigenvalue weighted by Gasteiger charge is -2.48. The van der Waals surface area contributed by atoms with E-state index in [0.717, 1.165) is 12.8 Å². The zero-order valence-electron chi connectivity index (χ0n) is 14.4. The van der Waals surface area contributed by atoms with E-state index < -0.39 is 29.9 Å². The highest BCUT2D eigenvalue weighted by Crippen LogP contribution is 2.41. The summed E-state index contributed by atoms with van der Waals surface area (Å²) in [5.74, 6) is -0.814. The number of aliphatic hydroxyl groups excluding tert-OH is 1. The Hall–Kier alpha value is -0.890. The number of amides is 1. The highest BCUT2D eigenvalue weighted by atomic mass is 16.8. The molecule has 0 bridgehead atoms. The fraction of sp³-hybridized carbons (Fsp3) is 0.938. The molecule has 0 spiro atoms.